The van der Waals surface area contributed by atoms with Crippen LogP contribution in [-0.4, -0.2) is 17.5 Å². The van der Waals surface area contributed by atoms with Gasteiger partial charge in [-0.15, -0.1) is 0 Å². The Balaban J connectivity index is 2.46. The summed E-state index contributed by atoms with van der Waals surface area (Å²) in [7, 11) is 0. The number of rotatable bonds is 0. The molecule has 0 bridgehead atoms. The van der Waals surface area contributed by atoms with E-state index in [1.807, 2.05) is 13.8 Å². The molecule has 0 amide bonds. The molecule has 0 aromatic heterocycles. The normalized spacial score (nSPS) is 49.2. The number of ether oxygens (including phenoxy) is 1. The van der Waals surface area contributed by atoms with Crippen LogP contribution >= 0.6 is 0 Å². The molecule has 0 aromatic rings. The topological polar surface area (TPSA) is 29.5 Å². The lowest BCUT2D eigenvalue weighted by Crippen LogP contribution is -2.37. The minimum Gasteiger partial charge on any atom is -0.368 e. The van der Waals surface area contributed by atoms with Gasteiger partial charge in [0.25, 0.3) is 0 Å². The summed E-state index contributed by atoms with van der Waals surface area (Å²) in [4.78, 5) is 0. The maximum absolute atomic E-state index is 9.24. The van der Waals surface area contributed by atoms with Gasteiger partial charge in [0.05, 0.1) is 6.10 Å². The first-order chi connectivity index (χ1) is 4.61. The van der Waals surface area contributed by atoms with Crippen molar-refractivity contribution in [3.8, 4) is 0 Å². The van der Waals surface area contributed by atoms with Gasteiger partial charge in [0.2, 0.25) is 0 Å². The van der Waals surface area contributed by atoms with Crippen molar-refractivity contribution in [3.05, 3.63) is 0 Å². The van der Waals surface area contributed by atoms with Gasteiger partial charge in [-0.25, -0.2) is 0 Å². The van der Waals surface area contributed by atoms with Gasteiger partial charge in [-0.1, -0.05) is 13.8 Å². The maximum Gasteiger partial charge on any atom is 0.157 e. The van der Waals surface area contributed by atoms with Crippen LogP contribution < -0.4 is 0 Å². The van der Waals surface area contributed by atoms with E-state index in [1.165, 1.54) is 0 Å². The highest BCUT2D eigenvalue weighted by atomic mass is 16.6. The quantitative estimate of drug-likeness (QED) is 0.556. The third-order valence-corrected chi connectivity index (χ3v) is 2.39. The molecule has 0 aliphatic carbocycles. The van der Waals surface area contributed by atoms with Gasteiger partial charge >= 0.3 is 0 Å². The summed E-state index contributed by atoms with van der Waals surface area (Å²) in [5.41, 5.74) is 0. The Hall–Kier alpha value is -0.0800. The SMILES string of the molecule is CC1C[C@@H](C)C(O)O[C@H]1C. The first kappa shape index (κ1) is 8.02. The number of aliphatic hydroxyl groups excluding tert-OH is 1. The van der Waals surface area contributed by atoms with Crippen LogP contribution in [0, 0.1) is 11.8 Å². The Bertz CT molecular complexity index is 87.8. The third-order valence-electron chi connectivity index (χ3n) is 2.39. The highest BCUT2D eigenvalue weighted by Gasteiger charge is 2.29. The summed E-state index contributed by atoms with van der Waals surface area (Å²) in [5.74, 6) is 0.879. The van der Waals surface area contributed by atoms with E-state index in [9.17, 15) is 5.11 Å². The molecule has 1 N–H and O–H groups in total. The van der Waals surface area contributed by atoms with Gasteiger partial charge in [0.15, 0.2) is 6.29 Å². The van der Waals surface area contributed by atoms with Crippen LogP contribution in [0.1, 0.15) is 27.2 Å². The van der Waals surface area contributed by atoms with Crippen LogP contribution in [0.25, 0.3) is 0 Å². The molecular formula is C8H16O2. The van der Waals surface area contributed by atoms with Crippen LogP contribution in [0.15, 0.2) is 0 Å². The highest BCUT2D eigenvalue weighted by molar-refractivity contribution is 4.72. The van der Waals surface area contributed by atoms with E-state index in [-0.39, 0.29) is 6.10 Å². The number of hydrogen-bond acceptors (Lipinski definition) is 2. The van der Waals surface area contributed by atoms with E-state index in [0.29, 0.717) is 11.8 Å². The van der Waals surface area contributed by atoms with Crippen molar-refractivity contribution in [2.75, 3.05) is 0 Å². The van der Waals surface area contributed by atoms with Crippen molar-refractivity contribution in [2.45, 2.75) is 39.6 Å². The van der Waals surface area contributed by atoms with E-state index in [4.69, 9.17) is 4.74 Å². The molecule has 2 heteroatoms. The molecule has 1 rings (SSSR count). The van der Waals surface area contributed by atoms with E-state index < -0.39 is 6.29 Å². The predicted molar refractivity (Wildman–Crippen MR) is 39.5 cm³/mol. The van der Waals surface area contributed by atoms with Gasteiger partial charge in [-0.2, -0.15) is 0 Å². The summed E-state index contributed by atoms with van der Waals surface area (Å²) in [6.45, 7) is 6.19. The zero-order valence-electron chi connectivity index (χ0n) is 6.87. The molecule has 0 aromatic carbocycles. The third kappa shape index (κ3) is 1.50. The van der Waals surface area contributed by atoms with Crippen LogP contribution in [0.2, 0.25) is 0 Å². The van der Waals surface area contributed by atoms with Crippen molar-refractivity contribution in [1.29, 1.82) is 0 Å². The van der Waals surface area contributed by atoms with Crippen LogP contribution in [-0.2, 0) is 4.74 Å². The van der Waals surface area contributed by atoms with Crippen molar-refractivity contribution in [1.82, 2.24) is 0 Å². The predicted octanol–water partition coefficient (Wildman–Crippen LogP) is 1.39. The minimum atomic E-state index is -0.536. The molecule has 1 aliphatic rings. The van der Waals surface area contributed by atoms with Gasteiger partial charge in [0, 0.05) is 5.92 Å². The van der Waals surface area contributed by atoms with Gasteiger partial charge in [-0.3, -0.25) is 0 Å². The van der Waals surface area contributed by atoms with Crippen LogP contribution in [0.3, 0.4) is 0 Å². The van der Waals surface area contributed by atoms with Crippen LogP contribution in [0.5, 0.6) is 0 Å². The maximum atomic E-state index is 9.24. The van der Waals surface area contributed by atoms with E-state index >= 15 is 0 Å². The zero-order valence-corrected chi connectivity index (χ0v) is 6.87. The smallest absolute Gasteiger partial charge is 0.157 e. The molecule has 1 heterocycles. The highest BCUT2D eigenvalue weighted by Crippen LogP contribution is 2.27. The molecule has 1 aliphatic heterocycles. The Labute approximate surface area is 62.2 Å². The van der Waals surface area contributed by atoms with Crippen molar-refractivity contribution in [2.24, 2.45) is 11.8 Å². The molecule has 10 heavy (non-hydrogen) atoms. The van der Waals surface area contributed by atoms with Crippen LogP contribution in [0.4, 0.5) is 0 Å². The van der Waals surface area contributed by atoms with E-state index in [0.717, 1.165) is 6.42 Å². The Kier molecular flexibility index (Phi) is 2.32. The summed E-state index contributed by atoms with van der Waals surface area (Å²) in [6.07, 6.45) is 0.750. The fourth-order valence-corrected chi connectivity index (χ4v) is 1.38. The summed E-state index contributed by atoms with van der Waals surface area (Å²) in [5, 5.41) is 9.24. The molecule has 2 unspecified atom stereocenters. The zero-order chi connectivity index (χ0) is 7.72. The standard InChI is InChI=1S/C8H16O2/c1-5-4-6(2)8(9)10-7(5)3/h5-9H,4H2,1-3H3/t5?,6-,7+,8?/m1/s1. The lowest BCUT2D eigenvalue weighted by atomic mass is 9.90. The minimum absolute atomic E-state index is 0.214. The largest absolute Gasteiger partial charge is 0.368 e. The molecule has 0 radical (unpaired) electrons. The summed E-state index contributed by atoms with van der Waals surface area (Å²) >= 11 is 0. The van der Waals surface area contributed by atoms with Gasteiger partial charge in [0.1, 0.15) is 0 Å². The fraction of sp³-hybridized carbons (Fsp3) is 1.00. The molecule has 4 atom stereocenters. The fourth-order valence-electron chi connectivity index (χ4n) is 1.38. The number of hydrogen-bond donors (Lipinski definition) is 1. The summed E-state index contributed by atoms with van der Waals surface area (Å²) < 4.78 is 5.27. The Morgan fingerprint density at radius 3 is 2.30 bits per heavy atom. The average molecular weight is 144 g/mol. The summed E-state index contributed by atoms with van der Waals surface area (Å²) in [6, 6.07) is 0. The molecular weight excluding hydrogens is 128 g/mol. The second kappa shape index (κ2) is 2.89. The Morgan fingerprint density at radius 2 is 1.80 bits per heavy atom. The lowest BCUT2D eigenvalue weighted by Gasteiger charge is -2.34. The second-order valence-electron chi connectivity index (χ2n) is 3.42. The van der Waals surface area contributed by atoms with Crippen molar-refractivity contribution >= 4 is 0 Å². The molecule has 60 valence electrons. The van der Waals surface area contributed by atoms with Gasteiger partial charge in [-0.05, 0) is 19.3 Å². The molecule has 0 saturated carbocycles. The Morgan fingerprint density at radius 1 is 1.20 bits per heavy atom. The van der Waals surface area contributed by atoms with Crippen molar-refractivity contribution < 1.29 is 9.84 Å². The first-order valence-corrected chi connectivity index (χ1v) is 3.94. The number of aliphatic hydroxyl groups is 1. The molecule has 1 fully saturated rings. The lowest BCUT2D eigenvalue weighted by molar-refractivity contribution is -0.200. The van der Waals surface area contributed by atoms with E-state index in [2.05, 4.69) is 6.92 Å². The average Bonchev–Trinajstić information content (AvgIpc) is 1.84. The second-order valence-corrected chi connectivity index (χ2v) is 3.42. The molecule has 1 saturated heterocycles. The molecule has 0 spiro atoms. The van der Waals surface area contributed by atoms with Crippen molar-refractivity contribution in [3.63, 3.8) is 0 Å². The van der Waals surface area contributed by atoms with E-state index in [1.54, 1.807) is 0 Å². The van der Waals surface area contributed by atoms with Gasteiger partial charge < -0.3 is 9.84 Å². The first-order valence-electron chi connectivity index (χ1n) is 3.94. The molecule has 2 nitrogen and oxygen atoms in total. The monoisotopic (exact) mass is 144 g/mol.